The largest absolute Gasteiger partial charge is 0.503 e. The van der Waals surface area contributed by atoms with Gasteiger partial charge in [0, 0.05) is 34.3 Å². The third-order valence-electron chi connectivity index (χ3n) is 6.75. The number of nitrogens with zero attached hydrogens (tertiary/aromatic N) is 2. The minimum Gasteiger partial charge on any atom is -0.503 e. The lowest BCUT2D eigenvalue weighted by Gasteiger charge is -2.33. The number of carbonyl (C=O) groups is 1. The molecule has 1 amide bonds. The number of aromatic nitrogens is 1. The number of hydrogen-bond acceptors (Lipinski definition) is 7. The molecule has 2 aromatic carbocycles. The Hall–Kier alpha value is -3.13. The summed E-state index contributed by atoms with van der Waals surface area (Å²) in [6.07, 6.45) is -4.15. The fourth-order valence-corrected chi connectivity index (χ4v) is 6.14. The Balaban J connectivity index is 1.78. The van der Waals surface area contributed by atoms with Crippen molar-refractivity contribution in [1.82, 2.24) is 9.58 Å². The fourth-order valence-electron chi connectivity index (χ4n) is 4.70. The number of amides is 1. The molecule has 1 aromatic heterocycles. The Morgan fingerprint density at radius 2 is 1.95 bits per heavy atom. The van der Waals surface area contributed by atoms with E-state index in [9.17, 15) is 37.9 Å². The number of rotatable bonds is 6. The summed E-state index contributed by atoms with van der Waals surface area (Å²) in [5.41, 5.74) is -0.492. The number of hydrogen-bond donors (Lipinski definition) is 4. The SMILES string of the molecule is C[C@@H](N(CC[C@@H]1c2ccccc2SCc2cccc(Cl)c21)C(=O)c1c(O)c(=O)c(B(O)O)cn1N)C(F)(F)F. The van der Waals surface area contributed by atoms with E-state index in [4.69, 9.17) is 17.4 Å². The Morgan fingerprint density at radius 1 is 1.26 bits per heavy atom. The molecule has 0 saturated carbocycles. The van der Waals surface area contributed by atoms with Crippen LogP contribution in [0.3, 0.4) is 0 Å². The van der Waals surface area contributed by atoms with E-state index < -0.39 is 60.0 Å². The number of thioether (sulfide) groups is 1. The summed E-state index contributed by atoms with van der Waals surface area (Å²) in [6.45, 7) is 0.351. The smallest absolute Gasteiger partial charge is 0.494 e. The van der Waals surface area contributed by atoms with Gasteiger partial charge >= 0.3 is 13.3 Å². The maximum absolute atomic E-state index is 14.0. The number of fused-ring (bicyclic) bond motifs is 2. The van der Waals surface area contributed by atoms with E-state index in [-0.39, 0.29) is 6.42 Å². The molecule has 206 valence electrons. The molecule has 0 fully saturated rings. The summed E-state index contributed by atoms with van der Waals surface area (Å²) in [7, 11) is -2.33. The van der Waals surface area contributed by atoms with Gasteiger partial charge in [0.25, 0.3) is 5.91 Å². The standard InChI is InChI=1S/C25H24BClF3N3O5S/c1-13(25(28,29)30)32(24(36)21-23(35)22(34)17(26(37)38)11-33(21)31)10-9-16-15-6-2-3-8-19(15)39-12-14-5-4-7-18(27)20(14)16/h2-8,11,13,16,35,37-38H,9-10,12,31H2,1H3/t13-,16-/m1/s1. The van der Waals surface area contributed by atoms with Crippen LogP contribution in [0.15, 0.2) is 58.4 Å². The molecular formula is C25H24BClF3N3O5S. The second kappa shape index (κ2) is 11.2. The van der Waals surface area contributed by atoms with Gasteiger partial charge in [0.2, 0.25) is 5.43 Å². The number of alkyl halides is 3. The lowest BCUT2D eigenvalue weighted by molar-refractivity contribution is -0.172. The van der Waals surface area contributed by atoms with E-state index >= 15 is 0 Å². The topological polar surface area (TPSA) is 129 Å². The molecule has 0 radical (unpaired) electrons. The quantitative estimate of drug-likeness (QED) is 0.260. The van der Waals surface area contributed by atoms with Gasteiger partial charge in [-0.2, -0.15) is 13.2 Å². The zero-order chi connectivity index (χ0) is 28.6. The Labute approximate surface area is 230 Å². The molecule has 3 aromatic rings. The highest BCUT2D eigenvalue weighted by Crippen LogP contribution is 2.45. The number of pyridine rings is 1. The Bertz CT molecular complexity index is 1470. The van der Waals surface area contributed by atoms with Gasteiger partial charge in [0.05, 0.1) is 5.46 Å². The molecule has 39 heavy (non-hydrogen) atoms. The van der Waals surface area contributed by atoms with Crippen molar-refractivity contribution in [3.05, 3.63) is 86.3 Å². The molecule has 1 aliphatic heterocycles. The average Bonchev–Trinajstić information content (AvgIpc) is 3.03. The maximum atomic E-state index is 14.0. The third kappa shape index (κ3) is 5.62. The third-order valence-corrected chi connectivity index (χ3v) is 8.22. The minimum atomic E-state index is -4.85. The highest BCUT2D eigenvalue weighted by atomic mass is 35.5. The number of aromatic hydroxyl groups is 1. The van der Waals surface area contributed by atoms with Gasteiger partial charge in [0.1, 0.15) is 6.04 Å². The molecule has 0 bridgehead atoms. The predicted octanol–water partition coefficient (Wildman–Crippen LogP) is 2.82. The number of halogens is 4. The van der Waals surface area contributed by atoms with E-state index in [1.54, 1.807) is 23.9 Å². The van der Waals surface area contributed by atoms with Gasteiger partial charge in [-0.1, -0.05) is 41.9 Å². The van der Waals surface area contributed by atoms with Crippen molar-refractivity contribution < 1.29 is 33.1 Å². The van der Waals surface area contributed by atoms with Crippen LogP contribution in [0, 0.1) is 0 Å². The molecule has 0 saturated heterocycles. The van der Waals surface area contributed by atoms with Crippen molar-refractivity contribution in [2.24, 2.45) is 0 Å². The Kier molecular flexibility index (Phi) is 8.26. The molecule has 2 heterocycles. The number of benzene rings is 2. The fraction of sp³-hybridized carbons (Fsp3) is 0.280. The maximum Gasteiger partial charge on any atom is 0.494 e. The van der Waals surface area contributed by atoms with Crippen LogP contribution >= 0.6 is 23.4 Å². The van der Waals surface area contributed by atoms with E-state index in [0.717, 1.165) is 28.5 Å². The van der Waals surface area contributed by atoms with Crippen LogP contribution in [-0.4, -0.2) is 56.5 Å². The molecule has 14 heteroatoms. The molecule has 1 aliphatic rings. The average molecular weight is 582 g/mol. The zero-order valence-electron chi connectivity index (χ0n) is 20.5. The van der Waals surface area contributed by atoms with Crippen molar-refractivity contribution in [2.75, 3.05) is 12.4 Å². The lowest BCUT2D eigenvalue weighted by atomic mass is 9.81. The number of nitrogens with two attached hydrogens (primary N) is 1. The van der Waals surface area contributed by atoms with Gasteiger partial charge < -0.3 is 25.9 Å². The monoisotopic (exact) mass is 581 g/mol. The first kappa shape index (κ1) is 28.9. The van der Waals surface area contributed by atoms with E-state index in [1.165, 1.54) is 0 Å². The predicted molar refractivity (Wildman–Crippen MR) is 143 cm³/mol. The van der Waals surface area contributed by atoms with Crippen LogP contribution in [0.25, 0.3) is 0 Å². The van der Waals surface area contributed by atoms with Crippen molar-refractivity contribution in [2.45, 2.75) is 42.1 Å². The molecule has 0 aliphatic carbocycles. The summed E-state index contributed by atoms with van der Waals surface area (Å²) in [5, 5.41) is 29.5. The molecule has 0 spiro atoms. The second-order valence-corrected chi connectivity index (χ2v) is 10.5. The van der Waals surface area contributed by atoms with Crippen LogP contribution < -0.4 is 16.7 Å². The molecule has 0 unspecified atom stereocenters. The molecule has 8 nitrogen and oxygen atoms in total. The van der Waals surface area contributed by atoms with Gasteiger partial charge in [-0.25, -0.2) is 0 Å². The molecule has 2 atom stereocenters. The van der Waals surface area contributed by atoms with Gasteiger partial charge in [-0.05, 0) is 42.2 Å². The summed E-state index contributed by atoms with van der Waals surface area (Å²) in [4.78, 5) is 27.3. The molecular weight excluding hydrogens is 558 g/mol. The van der Waals surface area contributed by atoms with Crippen LogP contribution in [0.5, 0.6) is 5.75 Å². The molecule has 5 N–H and O–H groups in total. The number of carbonyl (C=O) groups excluding carboxylic acids is 1. The van der Waals surface area contributed by atoms with E-state index in [2.05, 4.69) is 0 Å². The Morgan fingerprint density at radius 3 is 2.62 bits per heavy atom. The van der Waals surface area contributed by atoms with Crippen LogP contribution in [0.2, 0.25) is 5.02 Å². The minimum absolute atomic E-state index is 0.0312. The first-order valence-corrected chi connectivity index (χ1v) is 13.2. The van der Waals surface area contributed by atoms with Gasteiger partial charge in [-0.3, -0.25) is 14.3 Å². The highest BCUT2D eigenvalue weighted by molar-refractivity contribution is 7.98. The van der Waals surface area contributed by atoms with Gasteiger partial charge in [-0.15, -0.1) is 11.8 Å². The van der Waals surface area contributed by atoms with Crippen LogP contribution in [0.4, 0.5) is 13.2 Å². The first-order chi connectivity index (χ1) is 18.3. The molecule has 4 rings (SSSR count). The van der Waals surface area contributed by atoms with Crippen molar-refractivity contribution in [1.29, 1.82) is 0 Å². The van der Waals surface area contributed by atoms with Gasteiger partial charge in [0.15, 0.2) is 11.4 Å². The van der Waals surface area contributed by atoms with Crippen molar-refractivity contribution in [3.63, 3.8) is 0 Å². The zero-order valence-corrected chi connectivity index (χ0v) is 22.1. The summed E-state index contributed by atoms with van der Waals surface area (Å²) >= 11 is 8.16. The summed E-state index contributed by atoms with van der Waals surface area (Å²) < 4.78 is 42.3. The van der Waals surface area contributed by atoms with Crippen molar-refractivity contribution >= 4 is 41.9 Å². The summed E-state index contributed by atoms with van der Waals surface area (Å²) in [6, 6.07) is 10.5. The first-order valence-electron chi connectivity index (χ1n) is 11.8. The van der Waals surface area contributed by atoms with Crippen molar-refractivity contribution in [3.8, 4) is 5.75 Å². The van der Waals surface area contributed by atoms with E-state index in [0.29, 0.717) is 26.5 Å². The number of nitrogen functional groups attached to an aromatic ring is 1. The normalized spacial score (nSPS) is 15.6. The van der Waals surface area contributed by atoms with Crippen LogP contribution in [-0.2, 0) is 5.75 Å². The van der Waals surface area contributed by atoms with E-state index in [1.807, 2.05) is 30.3 Å². The lowest BCUT2D eigenvalue weighted by Crippen LogP contribution is -2.50. The highest BCUT2D eigenvalue weighted by Gasteiger charge is 2.44. The second-order valence-electron chi connectivity index (χ2n) is 9.09. The summed E-state index contributed by atoms with van der Waals surface area (Å²) in [5.74, 6) is 3.22. The van der Waals surface area contributed by atoms with Crippen LogP contribution in [0.1, 0.15) is 46.4 Å².